The highest BCUT2D eigenvalue weighted by molar-refractivity contribution is 5.86. The molecule has 1 aromatic heterocycles. The van der Waals surface area contributed by atoms with E-state index < -0.39 is 24.0 Å². The first-order valence-corrected chi connectivity index (χ1v) is 9.95. The zero-order valence-electron chi connectivity index (χ0n) is 17.0. The minimum atomic E-state index is -1.10. The standard InChI is InChI=1S/C23H25N3O4/c1-3-15(2)20(23(29)30)25-21(27)19(13-16-9-5-4-6-10-16)26-14-24-18-12-8-7-11-17(18)22(26)28/h4-12,14-15,19-20H,3,13H2,1-2H3,(H,25,27)(H,29,30)/t15-,19+,20+/m1/s1. The van der Waals surface area contributed by atoms with E-state index in [-0.39, 0.29) is 17.9 Å². The Morgan fingerprint density at radius 3 is 2.43 bits per heavy atom. The van der Waals surface area contributed by atoms with Crippen LogP contribution in [0, 0.1) is 5.92 Å². The molecule has 0 aliphatic heterocycles. The van der Waals surface area contributed by atoms with Crippen molar-refractivity contribution in [2.24, 2.45) is 5.92 Å². The Hall–Kier alpha value is -3.48. The Labute approximate surface area is 174 Å². The lowest BCUT2D eigenvalue weighted by atomic mass is 9.98. The molecule has 0 saturated carbocycles. The second-order valence-corrected chi connectivity index (χ2v) is 7.39. The third kappa shape index (κ3) is 4.56. The Bertz CT molecular complexity index is 1090. The molecule has 0 spiro atoms. The monoisotopic (exact) mass is 407 g/mol. The van der Waals surface area contributed by atoms with Crippen molar-refractivity contribution < 1.29 is 14.7 Å². The van der Waals surface area contributed by atoms with E-state index in [0.717, 1.165) is 5.56 Å². The predicted octanol–water partition coefficient (Wildman–Crippen LogP) is 2.80. The normalized spacial score (nSPS) is 14.1. The summed E-state index contributed by atoms with van der Waals surface area (Å²) in [4.78, 5) is 42.3. The van der Waals surface area contributed by atoms with E-state index in [1.54, 1.807) is 31.2 Å². The summed E-state index contributed by atoms with van der Waals surface area (Å²) in [6.45, 7) is 3.64. The van der Waals surface area contributed by atoms with Crippen molar-refractivity contribution in [3.8, 4) is 0 Å². The van der Waals surface area contributed by atoms with Gasteiger partial charge in [-0.15, -0.1) is 0 Å². The number of nitrogens with one attached hydrogen (secondary N) is 1. The van der Waals surface area contributed by atoms with Crippen LogP contribution in [0.15, 0.2) is 65.7 Å². The Kier molecular flexibility index (Phi) is 6.61. The average Bonchev–Trinajstić information content (AvgIpc) is 2.76. The van der Waals surface area contributed by atoms with Crippen molar-refractivity contribution in [3.05, 3.63) is 76.8 Å². The van der Waals surface area contributed by atoms with E-state index in [4.69, 9.17) is 0 Å². The molecule has 0 saturated heterocycles. The highest BCUT2D eigenvalue weighted by Gasteiger charge is 2.30. The van der Waals surface area contributed by atoms with E-state index in [1.165, 1.54) is 10.9 Å². The summed E-state index contributed by atoms with van der Waals surface area (Å²) in [6.07, 6.45) is 2.19. The number of hydrogen-bond donors (Lipinski definition) is 2. The van der Waals surface area contributed by atoms with E-state index in [0.29, 0.717) is 17.3 Å². The quantitative estimate of drug-likeness (QED) is 0.598. The van der Waals surface area contributed by atoms with Gasteiger partial charge in [0.15, 0.2) is 0 Å². The fraction of sp³-hybridized carbons (Fsp3) is 0.304. The molecule has 0 fully saturated rings. The van der Waals surface area contributed by atoms with Crippen LogP contribution in [0.4, 0.5) is 0 Å². The molecule has 1 heterocycles. The van der Waals surface area contributed by atoms with Crippen LogP contribution in [0.3, 0.4) is 0 Å². The molecule has 7 heteroatoms. The number of nitrogens with zero attached hydrogens (tertiary/aromatic N) is 2. The largest absolute Gasteiger partial charge is 0.480 e. The van der Waals surface area contributed by atoms with Crippen LogP contribution in [-0.4, -0.2) is 32.6 Å². The second kappa shape index (κ2) is 9.35. The molecule has 2 aromatic carbocycles. The number of amides is 1. The highest BCUT2D eigenvalue weighted by Crippen LogP contribution is 2.17. The maximum Gasteiger partial charge on any atom is 0.326 e. The molecule has 3 aromatic rings. The van der Waals surface area contributed by atoms with Crippen LogP contribution < -0.4 is 10.9 Å². The fourth-order valence-corrected chi connectivity index (χ4v) is 3.39. The number of carbonyl (C=O) groups excluding carboxylic acids is 1. The Balaban J connectivity index is 2.03. The summed E-state index contributed by atoms with van der Waals surface area (Å²) in [5, 5.41) is 12.6. The lowest BCUT2D eigenvalue weighted by molar-refractivity contribution is -0.143. The van der Waals surface area contributed by atoms with Gasteiger partial charge >= 0.3 is 5.97 Å². The first-order chi connectivity index (χ1) is 14.4. The molecule has 0 radical (unpaired) electrons. The van der Waals surface area contributed by atoms with E-state index >= 15 is 0 Å². The summed E-state index contributed by atoms with van der Waals surface area (Å²) < 4.78 is 1.29. The highest BCUT2D eigenvalue weighted by atomic mass is 16.4. The molecule has 2 N–H and O–H groups in total. The van der Waals surface area contributed by atoms with Gasteiger partial charge in [0, 0.05) is 6.42 Å². The maximum atomic E-state index is 13.2. The minimum absolute atomic E-state index is 0.236. The minimum Gasteiger partial charge on any atom is -0.480 e. The zero-order valence-corrected chi connectivity index (χ0v) is 17.0. The van der Waals surface area contributed by atoms with Gasteiger partial charge in [-0.1, -0.05) is 62.7 Å². The van der Waals surface area contributed by atoms with Crippen molar-refractivity contribution in [1.82, 2.24) is 14.9 Å². The van der Waals surface area contributed by atoms with E-state index in [9.17, 15) is 19.5 Å². The SMILES string of the molecule is CC[C@@H](C)[C@H](NC(=O)[C@H](Cc1ccccc1)n1cnc2ccccc2c1=O)C(=O)O. The van der Waals surface area contributed by atoms with Gasteiger partial charge in [0.05, 0.1) is 17.2 Å². The van der Waals surface area contributed by atoms with Gasteiger partial charge < -0.3 is 10.4 Å². The lowest BCUT2D eigenvalue weighted by Crippen LogP contribution is -2.49. The van der Waals surface area contributed by atoms with Gasteiger partial charge in [-0.05, 0) is 23.6 Å². The summed E-state index contributed by atoms with van der Waals surface area (Å²) in [6, 6.07) is 14.3. The van der Waals surface area contributed by atoms with Gasteiger partial charge in [0.25, 0.3) is 5.56 Å². The molecule has 0 bridgehead atoms. The van der Waals surface area contributed by atoms with Crippen molar-refractivity contribution in [2.45, 2.75) is 38.8 Å². The molecule has 1 amide bonds. The number of aromatic nitrogens is 2. The number of carboxylic acid groups (broad SMARTS) is 1. The van der Waals surface area contributed by atoms with Crippen LogP contribution in [0.1, 0.15) is 31.9 Å². The number of benzene rings is 2. The van der Waals surface area contributed by atoms with Gasteiger partial charge in [-0.3, -0.25) is 14.2 Å². The van der Waals surface area contributed by atoms with Gasteiger partial charge in [0.2, 0.25) is 5.91 Å². The van der Waals surface area contributed by atoms with Crippen LogP contribution in [-0.2, 0) is 16.0 Å². The van der Waals surface area contributed by atoms with Gasteiger partial charge in [-0.2, -0.15) is 0 Å². The van der Waals surface area contributed by atoms with Crippen LogP contribution in [0.25, 0.3) is 10.9 Å². The summed E-state index contributed by atoms with van der Waals surface area (Å²) in [5.41, 5.74) is 1.06. The number of carboxylic acids is 1. The van der Waals surface area contributed by atoms with E-state index in [1.807, 2.05) is 37.3 Å². The van der Waals surface area contributed by atoms with Crippen molar-refractivity contribution >= 4 is 22.8 Å². The average molecular weight is 407 g/mol. The lowest BCUT2D eigenvalue weighted by Gasteiger charge is -2.25. The smallest absolute Gasteiger partial charge is 0.326 e. The number of hydrogen-bond acceptors (Lipinski definition) is 4. The number of aliphatic carboxylic acids is 1. The zero-order chi connectivity index (χ0) is 21.7. The second-order valence-electron chi connectivity index (χ2n) is 7.39. The molecule has 3 atom stereocenters. The van der Waals surface area contributed by atoms with Crippen molar-refractivity contribution in [2.75, 3.05) is 0 Å². The molecule has 0 unspecified atom stereocenters. The predicted molar refractivity (Wildman–Crippen MR) is 114 cm³/mol. The topological polar surface area (TPSA) is 101 Å². The summed E-state index contributed by atoms with van der Waals surface area (Å²) in [5.74, 6) is -1.87. The molecule has 7 nitrogen and oxygen atoms in total. The molecule has 156 valence electrons. The fourth-order valence-electron chi connectivity index (χ4n) is 3.39. The van der Waals surface area contributed by atoms with Crippen LogP contribution in [0.5, 0.6) is 0 Å². The Morgan fingerprint density at radius 2 is 1.77 bits per heavy atom. The molecule has 3 rings (SSSR count). The van der Waals surface area contributed by atoms with Gasteiger partial charge in [-0.25, -0.2) is 9.78 Å². The summed E-state index contributed by atoms with van der Waals surface area (Å²) in [7, 11) is 0. The van der Waals surface area contributed by atoms with Crippen LogP contribution >= 0.6 is 0 Å². The molecule has 0 aliphatic carbocycles. The number of para-hydroxylation sites is 1. The van der Waals surface area contributed by atoms with Crippen LogP contribution in [0.2, 0.25) is 0 Å². The van der Waals surface area contributed by atoms with Gasteiger partial charge in [0.1, 0.15) is 12.1 Å². The maximum absolute atomic E-state index is 13.2. The third-order valence-corrected chi connectivity index (χ3v) is 5.38. The molecule has 30 heavy (non-hydrogen) atoms. The first-order valence-electron chi connectivity index (χ1n) is 9.95. The summed E-state index contributed by atoms with van der Waals surface area (Å²) >= 11 is 0. The number of fused-ring (bicyclic) bond motifs is 1. The van der Waals surface area contributed by atoms with Crippen molar-refractivity contribution in [1.29, 1.82) is 0 Å². The first kappa shape index (κ1) is 21.2. The Morgan fingerprint density at radius 1 is 1.10 bits per heavy atom. The molecular formula is C23H25N3O4. The van der Waals surface area contributed by atoms with E-state index in [2.05, 4.69) is 10.3 Å². The van der Waals surface area contributed by atoms with Crippen molar-refractivity contribution in [3.63, 3.8) is 0 Å². The molecular weight excluding hydrogens is 382 g/mol. The third-order valence-electron chi connectivity index (χ3n) is 5.38. The number of carbonyl (C=O) groups is 2. The number of rotatable bonds is 8. The molecule has 0 aliphatic rings.